The van der Waals surface area contributed by atoms with Gasteiger partial charge in [-0.2, -0.15) is 5.26 Å². The molecule has 4 nitrogen and oxygen atoms in total. The Morgan fingerprint density at radius 3 is 2.55 bits per heavy atom. The van der Waals surface area contributed by atoms with Crippen molar-refractivity contribution in [3.8, 4) is 17.3 Å². The van der Waals surface area contributed by atoms with Crippen molar-refractivity contribution in [3.05, 3.63) is 42.2 Å². The summed E-state index contributed by atoms with van der Waals surface area (Å²) >= 11 is 0. The highest BCUT2D eigenvalue weighted by molar-refractivity contribution is 5.63. The minimum absolute atomic E-state index is 0.228. The molecule has 112 valence electrons. The molecule has 0 atom stereocenters. The zero-order chi connectivity index (χ0) is 15.6. The van der Waals surface area contributed by atoms with Gasteiger partial charge in [0.2, 0.25) is 0 Å². The van der Waals surface area contributed by atoms with Crippen LogP contribution in [0.4, 0.5) is 5.82 Å². The van der Waals surface area contributed by atoms with E-state index in [1.54, 1.807) is 6.33 Å². The van der Waals surface area contributed by atoms with Crippen LogP contribution >= 0.6 is 0 Å². The van der Waals surface area contributed by atoms with E-state index in [4.69, 9.17) is 0 Å². The topological polar surface area (TPSA) is 61.6 Å². The Morgan fingerprint density at radius 2 is 1.95 bits per heavy atom. The van der Waals surface area contributed by atoms with Crippen molar-refractivity contribution in [1.29, 1.82) is 5.26 Å². The molecule has 22 heavy (non-hydrogen) atoms. The minimum Gasteiger partial charge on any atom is -0.370 e. The second-order valence-corrected chi connectivity index (χ2v) is 6.33. The highest BCUT2D eigenvalue weighted by atomic mass is 15.0. The largest absolute Gasteiger partial charge is 0.370 e. The molecule has 3 rings (SSSR count). The van der Waals surface area contributed by atoms with E-state index < -0.39 is 0 Å². The summed E-state index contributed by atoms with van der Waals surface area (Å²) in [7, 11) is 0. The van der Waals surface area contributed by atoms with Gasteiger partial charge in [0.1, 0.15) is 12.1 Å². The smallest absolute Gasteiger partial charge is 0.129 e. The second-order valence-electron chi connectivity index (χ2n) is 6.33. The van der Waals surface area contributed by atoms with Crippen molar-refractivity contribution in [3.63, 3.8) is 0 Å². The lowest BCUT2D eigenvalue weighted by Gasteiger charge is -2.10. The summed E-state index contributed by atoms with van der Waals surface area (Å²) in [6.07, 6.45) is 3.53. The van der Waals surface area contributed by atoms with Crippen LogP contribution in [0.25, 0.3) is 11.3 Å². The normalized spacial score (nSPS) is 15.4. The number of nitrogens with one attached hydrogen (secondary N) is 1. The van der Waals surface area contributed by atoms with Gasteiger partial charge in [-0.25, -0.2) is 9.97 Å². The summed E-state index contributed by atoms with van der Waals surface area (Å²) in [6, 6.07) is 12.6. The summed E-state index contributed by atoms with van der Waals surface area (Å²) < 4.78 is 0. The van der Waals surface area contributed by atoms with E-state index in [1.165, 1.54) is 0 Å². The molecule has 0 amide bonds. The van der Waals surface area contributed by atoms with Gasteiger partial charge >= 0.3 is 0 Å². The van der Waals surface area contributed by atoms with Gasteiger partial charge in [0.05, 0.1) is 17.2 Å². The molecule has 0 unspecified atom stereocenters. The van der Waals surface area contributed by atoms with Crippen LogP contribution in [0.15, 0.2) is 36.7 Å². The van der Waals surface area contributed by atoms with Gasteiger partial charge in [-0.3, -0.25) is 0 Å². The fourth-order valence-electron chi connectivity index (χ4n) is 2.47. The summed E-state index contributed by atoms with van der Waals surface area (Å²) in [4.78, 5) is 8.60. The maximum absolute atomic E-state index is 9.26. The molecule has 1 fully saturated rings. The monoisotopic (exact) mass is 292 g/mol. The maximum atomic E-state index is 9.26. The Labute approximate surface area is 131 Å². The number of aromatic nitrogens is 2. The van der Waals surface area contributed by atoms with E-state index in [0.29, 0.717) is 5.92 Å². The third-order valence-corrected chi connectivity index (χ3v) is 4.06. The van der Waals surface area contributed by atoms with E-state index in [2.05, 4.69) is 47.3 Å². The zero-order valence-electron chi connectivity index (χ0n) is 13.0. The fourth-order valence-corrected chi connectivity index (χ4v) is 2.47. The molecule has 0 radical (unpaired) electrons. The lowest BCUT2D eigenvalue weighted by atomic mass is 9.96. The number of benzene rings is 1. The maximum Gasteiger partial charge on any atom is 0.129 e. The molecule has 0 saturated heterocycles. The van der Waals surface area contributed by atoms with Crippen molar-refractivity contribution < 1.29 is 0 Å². The van der Waals surface area contributed by atoms with Crippen LogP contribution in [-0.4, -0.2) is 16.5 Å². The first-order valence-electron chi connectivity index (χ1n) is 7.71. The zero-order valence-corrected chi connectivity index (χ0v) is 13.0. The Kier molecular flexibility index (Phi) is 3.81. The lowest BCUT2D eigenvalue weighted by molar-refractivity contribution is 0.687. The van der Waals surface area contributed by atoms with Crippen LogP contribution in [0.3, 0.4) is 0 Å². The number of hydrogen-bond acceptors (Lipinski definition) is 4. The van der Waals surface area contributed by atoms with Gasteiger partial charge in [-0.1, -0.05) is 38.1 Å². The van der Waals surface area contributed by atoms with Crippen LogP contribution in [0.5, 0.6) is 0 Å². The molecule has 1 aliphatic carbocycles. The SMILES string of the molecule is CC(C)CNc1cc(-c2ccc(C3(C#N)CC3)cc2)ncn1. The molecular formula is C18H20N4. The Bertz CT molecular complexity index is 694. The van der Waals surface area contributed by atoms with E-state index in [1.807, 2.05) is 18.2 Å². The van der Waals surface area contributed by atoms with Gasteiger partial charge in [-0.05, 0) is 24.3 Å². The molecule has 0 bridgehead atoms. The van der Waals surface area contributed by atoms with Crippen molar-refractivity contribution >= 4 is 5.82 Å². The van der Waals surface area contributed by atoms with Gasteiger partial charge in [-0.15, -0.1) is 0 Å². The predicted octanol–water partition coefficient (Wildman–Crippen LogP) is 3.77. The molecule has 1 N–H and O–H groups in total. The molecule has 0 aliphatic heterocycles. The molecule has 2 aromatic rings. The van der Waals surface area contributed by atoms with E-state index in [0.717, 1.165) is 42.0 Å². The highest BCUT2D eigenvalue weighted by Gasteiger charge is 2.44. The first-order chi connectivity index (χ1) is 10.6. The van der Waals surface area contributed by atoms with Crippen LogP contribution in [0, 0.1) is 17.2 Å². The van der Waals surface area contributed by atoms with E-state index in [9.17, 15) is 5.26 Å². The van der Waals surface area contributed by atoms with Crippen LogP contribution < -0.4 is 5.32 Å². The number of nitrogens with zero attached hydrogens (tertiary/aromatic N) is 3. The summed E-state index contributed by atoms with van der Waals surface area (Å²) in [5.74, 6) is 1.41. The van der Waals surface area contributed by atoms with Gasteiger partial charge in [0.15, 0.2) is 0 Å². The molecule has 1 aromatic carbocycles. The average molecular weight is 292 g/mol. The van der Waals surface area contributed by atoms with Crippen molar-refractivity contribution in [2.45, 2.75) is 32.1 Å². The fraction of sp³-hybridized carbons (Fsp3) is 0.389. The first kappa shape index (κ1) is 14.5. The Balaban J connectivity index is 1.79. The van der Waals surface area contributed by atoms with Crippen molar-refractivity contribution in [2.24, 2.45) is 5.92 Å². The molecule has 1 heterocycles. The van der Waals surface area contributed by atoms with Crippen LogP contribution in [0.2, 0.25) is 0 Å². The summed E-state index contributed by atoms with van der Waals surface area (Å²) in [5.41, 5.74) is 2.84. The first-order valence-corrected chi connectivity index (χ1v) is 7.71. The van der Waals surface area contributed by atoms with Crippen molar-refractivity contribution in [2.75, 3.05) is 11.9 Å². The van der Waals surface area contributed by atoms with Gasteiger partial charge < -0.3 is 5.32 Å². The number of rotatable bonds is 5. The summed E-state index contributed by atoms with van der Waals surface area (Å²) in [6.45, 7) is 5.22. The van der Waals surface area contributed by atoms with Gasteiger partial charge in [0, 0.05) is 18.2 Å². The molecule has 4 heteroatoms. The van der Waals surface area contributed by atoms with Gasteiger partial charge in [0.25, 0.3) is 0 Å². The Hall–Kier alpha value is -2.41. The molecule has 0 spiro atoms. The molecule has 1 aliphatic rings. The van der Waals surface area contributed by atoms with Crippen LogP contribution in [-0.2, 0) is 5.41 Å². The summed E-state index contributed by atoms with van der Waals surface area (Å²) in [5, 5.41) is 12.6. The predicted molar refractivity (Wildman–Crippen MR) is 87.3 cm³/mol. The highest BCUT2D eigenvalue weighted by Crippen LogP contribution is 2.47. The molecule has 1 aromatic heterocycles. The van der Waals surface area contributed by atoms with Crippen molar-refractivity contribution in [1.82, 2.24) is 9.97 Å². The Morgan fingerprint density at radius 1 is 1.23 bits per heavy atom. The van der Waals surface area contributed by atoms with E-state index in [-0.39, 0.29) is 5.41 Å². The second kappa shape index (κ2) is 5.76. The van der Waals surface area contributed by atoms with E-state index >= 15 is 0 Å². The third kappa shape index (κ3) is 2.94. The average Bonchev–Trinajstić information content (AvgIpc) is 3.35. The molecular weight excluding hydrogens is 272 g/mol. The standard InChI is InChI=1S/C18H20N4/c1-13(2)10-20-17-9-16(21-12-22-17)14-3-5-15(6-4-14)18(11-19)7-8-18/h3-6,9,12-13H,7-8,10H2,1-2H3,(H,20,21,22). The van der Waals surface area contributed by atoms with Crippen LogP contribution in [0.1, 0.15) is 32.3 Å². The third-order valence-electron chi connectivity index (χ3n) is 4.06. The lowest BCUT2D eigenvalue weighted by Crippen LogP contribution is -2.09. The minimum atomic E-state index is -0.228. The number of anilines is 1. The molecule has 1 saturated carbocycles. The number of hydrogen-bond donors (Lipinski definition) is 1. The quantitative estimate of drug-likeness (QED) is 0.911. The number of nitriles is 1.